The van der Waals surface area contributed by atoms with Gasteiger partial charge in [0.1, 0.15) is 5.56 Å². The van der Waals surface area contributed by atoms with Crippen molar-refractivity contribution < 1.29 is 9.90 Å². The first kappa shape index (κ1) is 13.4. The van der Waals surface area contributed by atoms with Crippen LogP contribution in [0.1, 0.15) is 17.3 Å². The molecule has 0 aliphatic rings. The standard InChI is InChI=1S/C11H17N3O3/c1-8(15)6-13-4-5-14-11(17)9-7-12-3-2-10(9)16/h2-3,7-8,13,15H,4-6H2,1H3,(H,12,16)(H,14,17). The largest absolute Gasteiger partial charge is 0.392 e. The summed E-state index contributed by atoms with van der Waals surface area (Å²) in [5.74, 6) is -0.398. The van der Waals surface area contributed by atoms with Gasteiger partial charge in [-0.15, -0.1) is 0 Å². The molecule has 0 spiro atoms. The van der Waals surface area contributed by atoms with E-state index in [0.29, 0.717) is 19.6 Å². The minimum Gasteiger partial charge on any atom is -0.392 e. The SMILES string of the molecule is CC(O)CNCCNC(=O)c1c[nH]ccc1=O. The van der Waals surface area contributed by atoms with E-state index in [2.05, 4.69) is 15.6 Å². The zero-order valence-electron chi connectivity index (χ0n) is 9.69. The van der Waals surface area contributed by atoms with E-state index in [1.54, 1.807) is 6.92 Å². The molecule has 17 heavy (non-hydrogen) atoms. The Balaban J connectivity index is 2.31. The maximum absolute atomic E-state index is 11.6. The highest BCUT2D eigenvalue weighted by molar-refractivity contribution is 5.93. The summed E-state index contributed by atoms with van der Waals surface area (Å²) < 4.78 is 0. The first-order chi connectivity index (χ1) is 8.11. The van der Waals surface area contributed by atoms with Crippen molar-refractivity contribution in [3.05, 3.63) is 34.2 Å². The lowest BCUT2D eigenvalue weighted by Crippen LogP contribution is -2.36. The topological polar surface area (TPSA) is 94.2 Å². The molecule has 0 bridgehead atoms. The maximum Gasteiger partial charge on any atom is 0.256 e. The number of hydrogen-bond acceptors (Lipinski definition) is 4. The minimum atomic E-state index is -0.414. The molecular formula is C11H17N3O3. The van der Waals surface area contributed by atoms with Crippen LogP contribution < -0.4 is 16.1 Å². The zero-order valence-corrected chi connectivity index (χ0v) is 9.69. The van der Waals surface area contributed by atoms with Crippen LogP contribution in [0, 0.1) is 0 Å². The predicted octanol–water partition coefficient (Wildman–Crippen LogP) is -0.925. The van der Waals surface area contributed by atoms with E-state index in [1.807, 2.05) is 0 Å². The molecule has 1 unspecified atom stereocenters. The Hall–Kier alpha value is -1.66. The molecule has 1 aromatic heterocycles. The molecule has 1 rings (SSSR count). The number of H-pyrrole nitrogens is 1. The summed E-state index contributed by atoms with van der Waals surface area (Å²) in [7, 11) is 0. The molecule has 0 aromatic carbocycles. The van der Waals surface area contributed by atoms with Gasteiger partial charge in [0, 0.05) is 38.1 Å². The third-order valence-corrected chi connectivity index (χ3v) is 2.10. The molecule has 1 heterocycles. The lowest BCUT2D eigenvalue weighted by molar-refractivity contribution is 0.0952. The first-order valence-corrected chi connectivity index (χ1v) is 5.45. The molecule has 6 heteroatoms. The van der Waals surface area contributed by atoms with Crippen LogP contribution in [-0.4, -0.2) is 41.7 Å². The van der Waals surface area contributed by atoms with Crippen LogP contribution in [0.2, 0.25) is 0 Å². The van der Waals surface area contributed by atoms with Gasteiger partial charge >= 0.3 is 0 Å². The highest BCUT2D eigenvalue weighted by Gasteiger charge is 2.07. The number of aliphatic hydroxyl groups is 1. The van der Waals surface area contributed by atoms with E-state index < -0.39 is 12.0 Å². The highest BCUT2D eigenvalue weighted by Crippen LogP contribution is 1.86. The lowest BCUT2D eigenvalue weighted by Gasteiger charge is -2.07. The number of amides is 1. The summed E-state index contributed by atoms with van der Waals surface area (Å²) in [5.41, 5.74) is -0.207. The fourth-order valence-electron chi connectivity index (χ4n) is 1.26. The van der Waals surface area contributed by atoms with Gasteiger partial charge in [0.2, 0.25) is 0 Å². The number of carbonyl (C=O) groups excluding carboxylic acids is 1. The quantitative estimate of drug-likeness (QED) is 0.483. The van der Waals surface area contributed by atoms with E-state index >= 15 is 0 Å². The average Bonchev–Trinajstić information content (AvgIpc) is 2.28. The van der Waals surface area contributed by atoms with Crippen LogP contribution in [0.5, 0.6) is 0 Å². The molecule has 1 amide bonds. The summed E-state index contributed by atoms with van der Waals surface area (Å²) in [6.07, 6.45) is 2.44. The van der Waals surface area contributed by atoms with Gasteiger partial charge in [-0.05, 0) is 6.92 Å². The van der Waals surface area contributed by atoms with Crippen molar-refractivity contribution in [3.63, 3.8) is 0 Å². The summed E-state index contributed by atoms with van der Waals surface area (Å²) in [4.78, 5) is 25.6. The van der Waals surface area contributed by atoms with E-state index in [0.717, 1.165) is 0 Å². The van der Waals surface area contributed by atoms with Crippen LogP contribution in [0.15, 0.2) is 23.3 Å². The fourth-order valence-corrected chi connectivity index (χ4v) is 1.26. The number of aromatic nitrogens is 1. The van der Waals surface area contributed by atoms with Crippen LogP contribution >= 0.6 is 0 Å². The van der Waals surface area contributed by atoms with Crippen molar-refractivity contribution in [1.82, 2.24) is 15.6 Å². The molecule has 0 saturated carbocycles. The van der Waals surface area contributed by atoms with Crippen LogP contribution in [0.4, 0.5) is 0 Å². The summed E-state index contributed by atoms with van der Waals surface area (Å²) >= 11 is 0. The van der Waals surface area contributed by atoms with Crippen molar-refractivity contribution in [2.75, 3.05) is 19.6 Å². The Morgan fingerprint density at radius 2 is 2.29 bits per heavy atom. The third-order valence-electron chi connectivity index (χ3n) is 2.10. The van der Waals surface area contributed by atoms with Crippen LogP contribution in [-0.2, 0) is 0 Å². The van der Waals surface area contributed by atoms with E-state index in [9.17, 15) is 9.59 Å². The Morgan fingerprint density at radius 1 is 1.53 bits per heavy atom. The predicted molar refractivity (Wildman–Crippen MR) is 63.9 cm³/mol. The van der Waals surface area contributed by atoms with Crippen molar-refractivity contribution >= 4 is 5.91 Å². The van der Waals surface area contributed by atoms with Crippen LogP contribution in [0.3, 0.4) is 0 Å². The maximum atomic E-state index is 11.6. The van der Waals surface area contributed by atoms with Gasteiger partial charge < -0.3 is 20.7 Å². The van der Waals surface area contributed by atoms with Crippen molar-refractivity contribution in [2.24, 2.45) is 0 Å². The van der Waals surface area contributed by atoms with Crippen molar-refractivity contribution in [3.8, 4) is 0 Å². The summed E-state index contributed by atoms with van der Waals surface area (Å²) in [6, 6.07) is 1.31. The average molecular weight is 239 g/mol. The molecule has 94 valence electrons. The molecular weight excluding hydrogens is 222 g/mol. The second kappa shape index (κ2) is 6.82. The number of rotatable bonds is 6. The number of aromatic amines is 1. The smallest absolute Gasteiger partial charge is 0.256 e. The third kappa shape index (κ3) is 4.80. The van der Waals surface area contributed by atoms with Crippen LogP contribution in [0.25, 0.3) is 0 Å². The normalized spacial score (nSPS) is 12.1. The van der Waals surface area contributed by atoms with Gasteiger partial charge in [-0.1, -0.05) is 0 Å². The molecule has 1 atom stereocenters. The zero-order chi connectivity index (χ0) is 12.7. The van der Waals surface area contributed by atoms with Gasteiger partial charge in [0.05, 0.1) is 6.10 Å². The Morgan fingerprint density at radius 3 is 2.94 bits per heavy atom. The molecule has 0 radical (unpaired) electrons. The van der Waals surface area contributed by atoms with E-state index in [1.165, 1.54) is 18.5 Å². The van der Waals surface area contributed by atoms with Gasteiger partial charge in [0.25, 0.3) is 5.91 Å². The molecule has 1 aromatic rings. The lowest BCUT2D eigenvalue weighted by atomic mass is 10.2. The molecule has 4 N–H and O–H groups in total. The number of nitrogens with one attached hydrogen (secondary N) is 3. The summed E-state index contributed by atoms with van der Waals surface area (Å²) in [6.45, 7) is 3.10. The molecule has 0 aliphatic carbocycles. The molecule has 0 aliphatic heterocycles. The van der Waals surface area contributed by atoms with Gasteiger partial charge in [-0.3, -0.25) is 9.59 Å². The number of aliphatic hydroxyl groups excluding tert-OH is 1. The highest BCUT2D eigenvalue weighted by atomic mass is 16.3. The fraction of sp³-hybridized carbons (Fsp3) is 0.455. The number of carbonyl (C=O) groups is 1. The Bertz CT molecular complexity index is 414. The molecule has 0 fully saturated rings. The Kier molecular flexibility index (Phi) is 5.38. The second-order valence-electron chi connectivity index (χ2n) is 3.73. The first-order valence-electron chi connectivity index (χ1n) is 5.45. The van der Waals surface area contributed by atoms with Gasteiger partial charge in [-0.2, -0.15) is 0 Å². The van der Waals surface area contributed by atoms with E-state index in [4.69, 9.17) is 5.11 Å². The van der Waals surface area contributed by atoms with Gasteiger partial charge in [-0.25, -0.2) is 0 Å². The van der Waals surface area contributed by atoms with Crippen molar-refractivity contribution in [1.29, 1.82) is 0 Å². The van der Waals surface area contributed by atoms with Crippen molar-refractivity contribution in [2.45, 2.75) is 13.0 Å². The Labute approximate surface area is 99.1 Å². The van der Waals surface area contributed by atoms with E-state index in [-0.39, 0.29) is 11.0 Å². The molecule has 6 nitrogen and oxygen atoms in total. The number of hydrogen-bond donors (Lipinski definition) is 4. The monoisotopic (exact) mass is 239 g/mol. The number of pyridine rings is 1. The molecule has 0 saturated heterocycles. The van der Waals surface area contributed by atoms with Gasteiger partial charge in [0.15, 0.2) is 5.43 Å². The summed E-state index contributed by atoms with van der Waals surface area (Å²) in [5, 5.41) is 14.5. The minimum absolute atomic E-state index is 0.100. The second-order valence-corrected chi connectivity index (χ2v) is 3.73.